The van der Waals surface area contributed by atoms with Crippen LogP contribution in [-0.2, 0) is 0 Å². The fourth-order valence-electron chi connectivity index (χ4n) is 8.61. The summed E-state index contributed by atoms with van der Waals surface area (Å²) in [5.41, 5.74) is 19.0. The van der Waals surface area contributed by atoms with Crippen LogP contribution in [0.4, 0.5) is 0 Å². The second kappa shape index (κ2) is 13.0. The van der Waals surface area contributed by atoms with Crippen LogP contribution in [0.25, 0.3) is 92.3 Å². The van der Waals surface area contributed by atoms with Gasteiger partial charge in [-0.2, -0.15) is 0 Å². The van der Waals surface area contributed by atoms with Gasteiger partial charge < -0.3 is 0 Å². The number of nitrogens with zero attached hydrogens (tertiary/aromatic N) is 2. The first-order valence-electron chi connectivity index (χ1n) is 19.0. The van der Waals surface area contributed by atoms with Gasteiger partial charge in [-0.3, -0.25) is 0 Å². The summed E-state index contributed by atoms with van der Waals surface area (Å²) in [5, 5.41) is 1.33. The van der Waals surface area contributed by atoms with Gasteiger partial charge in [0.05, 0.1) is 0 Å². The average molecular weight is 760 g/mol. The van der Waals surface area contributed by atoms with Crippen molar-refractivity contribution in [2.75, 3.05) is 0 Å². The van der Waals surface area contributed by atoms with Crippen LogP contribution in [0.3, 0.4) is 0 Å². The third-order valence-electron chi connectivity index (χ3n) is 11.1. The Morgan fingerprint density at radius 3 is 1.65 bits per heavy atom. The van der Waals surface area contributed by atoms with Gasteiger partial charge in [-0.25, -0.2) is 0 Å². The van der Waals surface area contributed by atoms with Gasteiger partial charge in [-0.05, 0) is 0 Å². The number of benzene rings is 7. The molecule has 3 heteroatoms. The topological polar surface area (TPSA) is 17.8 Å². The predicted molar refractivity (Wildman–Crippen MR) is 230 cm³/mol. The molecule has 9 aromatic rings. The third kappa shape index (κ3) is 5.11. The average Bonchev–Trinajstić information content (AvgIpc) is 3.79. The van der Waals surface area contributed by atoms with Gasteiger partial charge >= 0.3 is 325 Å². The minimum absolute atomic E-state index is 0.0264. The molecule has 1 aliphatic rings. The number of rotatable bonds is 5. The molecule has 0 N–H and O–H groups in total. The van der Waals surface area contributed by atoms with Gasteiger partial charge in [0.15, 0.2) is 0 Å². The molecule has 0 spiro atoms. The number of imidazole rings is 1. The summed E-state index contributed by atoms with van der Waals surface area (Å²) >= 11 is 0.0264. The molecule has 2 aromatic heterocycles. The van der Waals surface area contributed by atoms with Crippen molar-refractivity contribution in [3.05, 3.63) is 169 Å². The molecule has 0 unspecified atom stereocenters. The zero-order valence-corrected chi connectivity index (χ0v) is 32.7. The van der Waals surface area contributed by atoms with Crippen LogP contribution >= 0.6 is 0 Å². The summed E-state index contributed by atoms with van der Waals surface area (Å²) in [5.74, 6) is 1.63. The van der Waals surface area contributed by atoms with Crippen molar-refractivity contribution in [2.45, 2.75) is 39.5 Å². The van der Waals surface area contributed by atoms with E-state index in [0.717, 1.165) is 16.9 Å². The monoisotopic (exact) mass is 760 g/mol. The summed E-state index contributed by atoms with van der Waals surface area (Å²) in [7, 11) is 0. The molecule has 0 aliphatic heterocycles. The van der Waals surface area contributed by atoms with Gasteiger partial charge in [-0.15, -0.1) is 0 Å². The van der Waals surface area contributed by atoms with E-state index in [2.05, 4.69) is 190 Å². The molecule has 0 saturated heterocycles. The van der Waals surface area contributed by atoms with Gasteiger partial charge in [-0.1, -0.05) is 0 Å². The van der Waals surface area contributed by atoms with Crippen molar-refractivity contribution < 1.29 is 0 Å². The normalized spacial score (nSPS) is 12.0. The van der Waals surface area contributed by atoms with Gasteiger partial charge in [0.2, 0.25) is 0 Å². The van der Waals surface area contributed by atoms with E-state index < -0.39 is 0 Å². The molecule has 2 nitrogen and oxygen atoms in total. The minimum atomic E-state index is 0.0264. The fraction of sp³-hybridized carbons (Fsp3) is 0.118. The van der Waals surface area contributed by atoms with Crippen molar-refractivity contribution in [3.8, 4) is 71.6 Å². The van der Waals surface area contributed by atoms with Crippen LogP contribution < -0.4 is 0 Å². The van der Waals surface area contributed by atoms with Crippen LogP contribution in [0.15, 0.2) is 158 Å². The molecule has 0 fully saturated rings. The van der Waals surface area contributed by atoms with Gasteiger partial charge in [0.1, 0.15) is 0 Å². The molecule has 0 bridgehead atoms. The first-order chi connectivity index (χ1) is 26.5. The SMILES string of the molecule is CC(C)c1cc(-c2ccccc2)cc(C(C)C)c1-n1c(-c2cccc3c4c([se]c23)-c2ccccc2-c2ccccc2-c2ccccc2-4)nc2ccccc21. The summed E-state index contributed by atoms with van der Waals surface area (Å²) in [6.45, 7) is 9.32. The first-order valence-corrected chi connectivity index (χ1v) is 20.7. The zero-order chi connectivity index (χ0) is 36.5. The van der Waals surface area contributed by atoms with E-state index in [1.54, 1.807) is 0 Å². The van der Waals surface area contributed by atoms with E-state index in [9.17, 15) is 0 Å². The number of hydrogen-bond acceptors (Lipinski definition) is 1. The van der Waals surface area contributed by atoms with Crippen molar-refractivity contribution in [1.29, 1.82) is 0 Å². The summed E-state index contributed by atoms with van der Waals surface area (Å²) in [6, 6.07) is 58.3. The van der Waals surface area contributed by atoms with Crippen molar-refractivity contribution in [3.63, 3.8) is 0 Å². The second-order valence-electron chi connectivity index (χ2n) is 15.1. The van der Waals surface area contributed by atoms with Crippen LogP contribution in [-0.4, -0.2) is 24.1 Å². The number of para-hydroxylation sites is 2. The molecule has 0 amide bonds. The Labute approximate surface area is 323 Å². The molecule has 10 rings (SSSR count). The molecule has 2 heterocycles. The Morgan fingerprint density at radius 1 is 0.481 bits per heavy atom. The maximum atomic E-state index is 5.55. The molecule has 0 saturated carbocycles. The van der Waals surface area contributed by atoms with Gasteiger partial charge in [0, 0.05) is 0 Å². The Morgan fingerprint density at radius 2 is 1.00 bits per heavy atom. The van der Waals surface area contributed by atoms with Gasteiger partial charge in [0.25, 0.3) is 0 Å². The third-order valence-corrected chi connectivity index (χ3v) is 13.8. The molecule has 0 radical (unpaired) electrons. The van der Waals surface area contributed by atoms with Crippen LogP contribution in [0.2, 0.25) is 0 Å². The number of aromatic nitrogens is 2. The molecule has 0 atom stereocenters. The molecule has 54 heavy (non-hydrogen) atoms. The summed E-state index contributed by atoms with van der Waals surface area (Å²) < 4.78 is 5.36. The van der Waals surface area contributed by atoms with E-state index >= 15 is 0 Å². The first kappa shape index (κ1) is 32.9. The van der Waals surface area contributed by atoms with Crippen LogP contribution in [0.5, 0.6) is 0 Å². The zero-order valence-electron chi connectivity index (χ0n) is 31.0. The van der Waals surface area contributed by atoms with E-state index in [4.69, 9.17) is 4.98 Å². The van der Waals surface area contributed by atoms with Crippen LogP contribution in [0.1, 0.15) is 50.7 Å². The molecular weight excluding hydrogens is 720 g/mol. The van der Waals surface area contributed by atoms with Crippen molar-refractivity contribution >= 4 is 35.2 Å². The Bertz CT molecular complexity index is 2860. The summed E-state index contributed by atoms with van der Waals surface area (Å²) in [4.78, 5) is 5.55. The van der Waals surface area contributed by atoms with E-state index in [1.165, 1.54) is 86.5 Å². The van der Waals surface area contributed by atoms with Crippen molar-refractivity contribution in [1.82, 2.24) is 9.55 Å². The van der Waals surface area contributed by atoms with Crippen molar-refractivity contribution in [2.24, 2.45) is 0 Å². The predicted octanol–water partition coefficient (Wildman–Crippen LogP) is 13.8. The van der Waals surface area contributed by atoms with E-state index in [0.29, 0.717) is 11.8 Å². The Kier molecular flexibility index (Phi) is 7.91. The Hall–Kier alpha value is -5.73. The molecule has 1 aliphatic carbocycles. The standard InChI is InChI=1S/C51H40N2Se/c1-31(2)43-29-34(33-17-6-5-7-18-33)30-44(32(3)4)48(43)53-46-28-15-14-27-45(46)52-51(53)42-26-16-25-41-47-39-23-12-10-21-37(39)35-19-8-9-20-36(35)38-22-11-13-24-40(38)50(47)54-49(41)42/h5-32H,1-4H3. The van der Waals surface area contributed by atoms with Crippen LogP contribution in [0, 0.1) is 0 Å². The number of hydrogen-bond donors (Lipinski definition) is 0. The fourth-order valence-corrected chi connectivity index (χ4v) is 11.5. The molecular formula is C51H40N2Se. The maximum absolute atomic E-state index is 5.55. The molecule has 7 aromatic carbocycles. The quantitative estimate of drug-likeness (QED) is 0.160. The molecule has 260 valence electrons. The Balaban J connectivity index is 1.30. The summed E-state index contributed by atoms with van der Waals surface area (Å²) in [6.07, 6.45) is 0. The number of fused-ring (bicyclic) bond motifs is 11. The van der Waals surface area contributed by atoms with E-state index in [1.807, 2.05) is 0 Å². The van der Waals surface area contributed by atoms with E-state index in [-0.39, 0.29) is 14.5 Å². The second-order valence-corrected chi connectivity index (χ2v) is 17.2.